The summed E-state index contributed by atoms with van der Waals surface area (Å²) in [6.07, 6.45) is 8.16. The Morgan fingerprint density at radius 2 is 1.97 bits per heavy atom. The van der Waals surface area contributed by atoms with Gasteiger partial charge in [-0.25, -0.2) is 24.6 Å². The fraction of sp³-hybridized carbons (Fsp3) is 0.455. The Morgan fingerprint density at radius 3 is 2.82 bits per heavy atom. The summed E-state index contributed by atoms with van der Waals surface area (Å²) in [5, 5.41) is 7.26. The molecule has 172 valence electrons. The smallest absolute Gasteiger partial charge is 0.225 e. The predicted octanol–water partition coefficient (Wildman–Crippen LogP) is 0.822. The zero-order chi connectivity index (χ0) is 22.5. The first-order chi connectivity index (χ1) is 16.3. The van der Waals surface area contributed by atoms with E-state index in [-0.39, 0.29) is 11.8 Å². The van der Waals surface area contributed by atoms with E-state index >= 15 is 0 Å². The lowest BCUT2D eigenvalue weighted by atomic mass is 9.97. The Hall–Kier alpha value is -3.60. The molecule has 11 heteroatoms. The Bertz CT molecular complexity index is 1070. The molecule has 2 fully saturated rings. The van der Waals surface area contributed by atoms with Crippen LogP contribution in [0.5, 0.6) is 0 Å². The van der Waals surface area contributed by atoms with Crippen LogP contribution in [-0.4, -0.2) is 75.0 Å². The van der Waals surface area contributed by atoms with Crippen molar-refractivity contribution in [1.82, 2.24) is 35.0 Å². The third-order valence-corrected chi connectivity index (χ3v) is 6.04. The summed E-state index contributed by atoms with van der Waals surface area (Å²) in [6.45, 7) is 4.93. The second-order valence-corrected chi connectivity index (χ2v) is 8.16. The van der Waals surface area contributed by atoms with E-state index in [1.54, 1.807) is 17.2 Å². The number of piperidine rings is 1. The monoisotopic (exact) mass is 449 g/mol. The van der Waals surface area contributed by atoms with Gasteiger partial charge in [-0.15, -0.1) is 0 Å². The van der Waals surface area contributed by atoms with Gasteiger partial charge in [-0.1, -0.05) is 6.07 Å². The van der Waals surface area contributed by atoms with Crippen LogP contribution < -0.4 is 15.1 Å². The minimum Gasteiger partial charge on any atom is -0.378 e. The fourth-order valence-corrected chi connectivity index (χ4v) is 4.32. The number of morpholine rings is 1. The van der Waals surface area contributed by atoms with Gasteiger partial charge in [0.1, 0.15) is 30.6 Å². The highest BCUT2D eigenvalue weighted by atomic mass is 16.5. The highest BCUT2D eigenvalue weighted by Crippen LogP contribution is 2.23. The number of ether oxygens (including phenoxy) is 1. The van der Waals surface area contributed by atoms with Gasteiger partial charge in [-0.05, 0) is 18.9 Å². The van der Waals surface area contributed by atoms with Crippen molar-refractivity contribution >= 4 is 17.5 Å². The van der Waals surface area contributed by atoms with Gasteiger partial charge in [0, 0.05) is 50.6 Å². The lowest BCUT2D eigenvalue weighted by Gasteiger charge is -2.33. The van der Waals surface area contributed by atoms with Crippen molar-refractivity contribution in [3.05, 3.63) is 48.9 Å². The zero-order valence-electron chi connectivity index (χ0n) is 18.4. The topological polar surface area (TPSA) is 114 Å². The van der Waals surface area contributed by atoms with Gasteiger partial charge in [-0.2, -0.15) is 5.10 Å². The molecular formula is C22H27N9O2. The third-order valence-electron chi connectivity index (χ3n) is 6.04. The summed E-state index contributed by atoms with van der Waals surface area (Å²) in [5.74, 6) is 2.31. The Balaban J connectivity index is 1.22. The number of pyridine rings is 1. The molecule has 0 radical (unpaired) electrons. The van der Waals surface area contributed by atoms with E-state index in [0.29, 0.717) is 32.1 Å². The van der Waals surface area contributed by atoms with Crippen LogP contribution in [0.15, 0.2) is 43.4 Å². The molecule has 0 bridgehead atoms. The predicted molar refractivity (Wildman–Crippen MR) is 121 cm³/mol. The number of hydrogen-bond donors (Lipinski definition) is 1. The van der Waals surface area contributed by atoms with Crippen LogP contribution in [0.3, 0.4) is 0 Å². The van der Waals surface area contributed by atoms with Crippen LogP contribution in [-0.2, 0) is 16.1 Å². The van der Waals surface area contributed by atoms with Crippen LogP contribution in [0.1, 0.15) is 18.4 Å². The van der Waals surface area contributed by atoms with Crippen molar-refractivity contribution in [2.24, 2.45) is 5.92 Å². The Morgan fingerprint density at radius 1 is 1.09 bits per heavy atom. The summed E-state index contributed by atoms with van der Waals surface area (Å²) >= 11 is 0. The van der Waals surface area contributed by atoms with Crippen molar-refractivity contribution in [3.8, 4) is 5.82 Å². The van der Waals surface area contributed by atoms with Crippen molar-refractivity contribution in [2.45, 2.75) is 19.4 Å². The standard InChI is InChI=1S/C22H27N9O2/c32-22(25-12-17-3-1-5-24-21(17)29-7-9-33-10-8-29)18-4-2-6-30(13-18)19-11-20(27-15-26-19)31-16-23-14-28-31/h1,3,5,11,14-16,18H,2,4,6-10,12-13H2,(H,25,32). The van der Waals surface area contributed by atoms with Crippen LogP contribution >= 0.6 is 0 Å². The van der Waals surface area contributed by atoms with E-state index in [0.717, 1.165) is 49.7 Å². The minimum atomic E-state index is -0.105. The molecule has 5 heterocycles. The average Bonchev–Trinajstić information content (AvgIpc) is 3.43. The molecule has 3 aromatic heterocycles. The number of nitrogens with one attached hydrogen (secondary N) is 1. The van der Waals surface area contributed by atoms with E-state index in [1.165, 1.54) is 12.7 Å². The number of nitrogens with zero attached hydrogens (tertiary/aromatic N) is 8. The molecule has 11 nitrogen and oxygen atoms in total. The van der Waals surface area contributed by atoms with E-state index in [9.17, 15) is 4.79 Å². The first-order valence-corrected chi connectivity index (χ1v) is 11.2. The van der Waals surface area contributed by atoms with Crippen molar-refractivity contribution in [1.29, 1.82) is 0 Å². The number of rotatable bonds is 6. The largest absolute Gasteiger partial charge is 0.378 e. The lowest BCUT2D eigenvalue weighted by Crippen LogP contribution is -2.43. The second kappa shape index (κ2) is 9.90. The van der Waals surface area contributed by atoms with Gasteiger partial charge in [0.25, 0.3) is 0 Å². The number of amides is 1. The van der Waals surface area contributed by atoms with Gasteiger partial charge in [0.2, 0.25) is 5.91 Å². The number of anilines is 2. The van der Waals surface area contributed by atoms with Gasteiger partial charge < -0.3 is 19.9 Å². The Kier molecular flexibility index (Phi) is 6.38. The molecule has 0 spiro atoms. The average molecular weight is 450 g/mol. The SMILES string of the molecule is O=C(NCc1cccnc1N1CCOCC1)C1CCCN(c2cc(-n3cncn3)ncn2)C1. The summed E-state index contributed by atoms with van der Waals surface area (Å²) in [4.78, 5) is 34.6. The van der Waals surface area contributed by atoms with E-state index in [2.05, 4.69) is 40.2 Å². The molecule has 3 aromatic rings. The number of carbonyl (C=O) groups is 1. The Labute approximate surface area is 191 Å². The normalized spacial score (nSPS) is 18.8. The van der Waals surface area contributed by atoms with Gasteiger partial charge in [0.05, 0.1) is 19.1 Å². The minimum absolute atomic E-state index is 0.0574. The van der Waals surface area contributed by atoms with E-state index < -0.39 is 0 Å². The van der Waals surface area contributed by atoms with Crippen LogP contribution in [0.4, 0.5) is 11.6 Å². The van der Waals surface area contributed by atoms with Gasteiger partial charge in [0.15, 0.2) is 5.82 Å². The van der Waals surface area contributed by atoms with Gasteiger partial charge >= 0.3 is 0 Å². The first kappa shape index (κ1) is 21.3. The molecule has 1 amide bonds. The molecule has 0 aromatic carbocycles. The molecule has 0 saturated carbocycles. The molecule has 1 N–H and O–H groups in total. The fourth-order valence-electron chi connectivity index (χ4n) is 4.32. The van der Waals surface area contributed by atoms with Crippen LogP contribution in [0, 0.1) is 5.92 Å². The molecule has 2 aliphatic heterocycles. The van der Waals surface area contributed by atoms with Crippen molar-refractivity contribution < 1.29 is 9.53 Å². The van der Waals surface area contributed by atoms with E-state index in [1.807, 2.05) is 18.2 Å². The molecular weight excluding hydrogens is 422 g/mol. The van der Waals surface area contributed by atoms with Crippen molar-refractivity contribution in [2.75, 3.05) is 49.2 Å². The first-order valence-electron chi connectivity index (χ1n) is 11.2. The quantitative estimate of drug-likeness (QED) is 0.584. The maximum absolute atomic E-state index is 13.0. The third kappa shape index (κ3) is 4.92. The van der Waals surface area contributed by atoms with Crippen LogP contribution in [0.25, 0.3) is 5.82 Å². The number of hydrogen-bond acceptors (Lipinski definition) is 9. The molecule has 5 rings (SSSR count). The summed E-state index contributed by atoms with van der Waals surface area (Å²) in [5.41, 5.74) is 1.02. The van der Waals surface area contributed by atoms with E-state index in [4.69, 9.17) is 4.74 Å². The summed E-state index contributed by atoms with van der Waals surface area (Å²) < 4.78 is 7.05. The second-order valence-electron chi connectivity index (χ2n) is 8.16. The molecule has 1 unspecified atom stereocenters. The summed E-state index contributed by atoms with van der Waals surface area (Å²) in [6, 6.07) is 5.81. The number of carbonyl (C=O) groups excluding carboxylic acids is 1. The highest BCUT2D eigenvalue weighted by Gasteiger charge is 2.27. The van der Waals surface area contributed by atoms with Gasteiger partial charge in [-0.3, -0.25) is 4.79 Å². The molecule has 2 aliphatic rings. The molecule has 33 heavy (non-hydrogen) atoms. The maximum atomic E-state index is 13.0. The highest BCUT2D eigenvalue weighted by molar-refractivity contribution is 5.79. The molecule has 1 atom stereocenters. The van der Waals surface area contributed by atoms with Crippen LogP contribution in [0.2, 0.25) is 0 Å². The van der Waals surface area contributed by atoms with Crippen molar-refractivity contribution in [3.63, 3.8) is 0 Å². The summed E-state index contributed by atoms with van der Waals surface area (Å²) in [7, 11) is 0. The zero-order valence-corrected chi connectivity index (χ0v) is 18.4. The maximum Gasteiger partial charge on any atom is 0.225 e. The number of aromatic nitrogens is 6. The molecule has 0 aliphatic carbocycles. The molecule has 2 saturated heterocycles. The lowest BCUT2D eigenvalue weighted by molar-refractivity contribution is -0.125.